The first-order chi connectivity index (χ1) is 16.1. The maximum atomic E-state index is 13.4. The number of amides is 2. The Hall–Kier alpha value is -3.98. The normalized spacial score (nSPS) is 20.4. The number of rotatable bonds is 4. The average molecular weight is 445 g/mol. The second-order valence-corrected chi connectivity index (χ2v) is 8.03. The molecule has 2 aromatic carbocycles. The maximum absolute atomic E-state index is 13.4. The molecule has 1 aromatic heterocycles. The highest BCUT2D eigenvalue weighted by molar-refractivity contribution is 5.95. The third-order valence-corrected chi connectivity index (χ3v) is 5.61. The number of carbonyl (C=O) groups excluding carboxylic acids is 2. The number of hydrogen-bond donors (Lipinski definition) is 1. The Balaban J connectivity index is 1.34. The van der Waals surface area contributed by atoms with Crippen LogP contribution in [0.3, 0.4) is 0 Å². The lowest BCUT2D eigenvalue weighted by atomic mass is 10.0. The molecule has 9 heteroatoms. The molecule has 3 heterocycles. The number of hydrogen-bond acceptors (Lipinski definition) is 7. The van der Waals surface area contributed by atoms with E-state index in [-0.39, 0.29) is 19.1 Å². The Morgan fingerprint density at radius 1 is 1.00 bits per heavy atom. The molecule has 9 nitrogen and oxygen atoms in total. The molecular weight excluding hydrogens is 422 g/mol. The monoisotopic (exact) mass is 445 g/mol. The number of carbonyl (C=O) groups is 2. The van der Waals surface area contributed by atoms with Crippen molar-refractivity contribution in [1.82, 2.24) is 14.9 Å². The van der Waals surface area contributed by atoms with E-state index in [4.69, 9.17) is 9.47 Å². The SMILES string of the molecule is O=C(c1cccc(Nc2ncccn2)c1)N1CCOCC2(C1)CN(c1ccccc1)C(=O)O2. The lowest BCUT2D eigenvalue weighted by Crippen LogP contribution is -2.49. The zero-order chi connectivity index (χ0) is 22.7. The largest absolute Gasteiger partial charge is 0.436 e. The summed E-state index contributed by atoms with van der Waals surface area (Å²) in [6.45, 7) is 1.57. The zero-order valence-corrected chi connectivity index (χ0v) is 17.9. The van der Waals surface area contributed by atoms with Gasteiger partial charge < -0.3 is 19.7 Å². The molecule has 1 atom stereocenters. The molecule has 1 N–H and O–H groups in total. The molecule has 5 rings (SSSR count). The summed E-state index contributed by atoms with van der Waals surface area (Å²) in [6, 6.07) is 18.2. The lowest BCUT2D eigenvalue weighted by molar-refractivity contribution is -0.0140. The smallest absolute Gasteiger partial charge is 0.415 e. The van der Waals surface area contributed by atoms with Crippen molar-refractivity contribution in [3.8, 4) is 0 Å². The van der Waals surface area contributed by atoms with Crippen molar-refractivity contribution in [2.45, 2.75) is 5.60 Å². The zero-order valence-electron chi connectivity index (χ0n) is 17.9. The summed E-state index contributed by atoms with van der Waals surface area (Å²) in [5.74, 6) is 0.287. The second-order valence-electron chi connectivity index (χ2n) is 8.03. The van der Waals surface area contributed by atoms with E-state index >= 15 is 0 Å². The van der Waals surface area contributed by atoms with E-state index in [1.165, 1.54) is 0 Å². The van der Waals surface area contributed by atoms with Crippen molar-refractivity contribution in [3.63, 3.8) is 0 Å². The van der Waals surface area contributed by atoms with Gasteiger partial charge in [0.1, 0.15) is 0 Å². The lowest BCUT2D eigenvalue weighted by Gasteiger charge is -2.29. The molecule has 3 aromatic rings. The van der Waals surface area contributed by atoms with Crippen molar-refractivity contribution in [1.29, 1.82) is 0 Å². The predicted molar refractivity (Wildman–Crippen MR) is 121 cm³/mol. The van der Waals surface area contributed by atoms with Crippen LogP contribution in [0, 0.1) is 0 Å². The van der Waals surface area contributed by atoms with Gasteiger partial charge in [0.05, 0.1) is 26.3 Å². The molecule has 0 bridgehead atoms. The first-order valence-corrected chi connectivity index (χ1v) is 10.7. The van der Waals surface area contributed by atoms with Crippen molar-refractivity contribution in [2.24, 2.45) is 0 Å². The van der Waals surface area contributed by atoms with Gasteiger partial charge in [0.25, 0.3) is 5.91 Å². The van der Waals surface area contributed by atoms with Crippen LogP contribution < -0.4 is 10.2 Å². The number of nitrogens with zero attached hydrogens (tertiary/aromatic N) is 4. The minimum atomic E-state index is -0.924. The molecule has 2 saturated heterocycles. The van der Waals surface area contributed by atoms with Crippen LogP contribution >= 0.6 is 0 Å². The van der Waals surface area contributed by atoms with Crippen LogP contribution in [0.25, 0.3) is 0 Å². The summed E-state index contributed by atoms with van der Waals surface area (Å²) in [4.78, 5) is 37.6. The van der Waals surface area contributed by atoms with Crippen LogP contribution in [0.15, 0.2) is 73.1 Å². The van der Waals surface area contributed by atoms with Gasteiger partial charge in [0, 0.05) is 35.9 Å². The third kappa shape index (κ3) is 4.49. The van der Waals surface area contributed by atoms with Crippen LogP contribution in [-0.4, -0.2) is 65.3 Å². The average Bonchev–Trinajstić information content (AvgIpc) is 3.03. The van der Waals surface area contributed by atoms with Gasteiger partial charge in [-0.2, -0.15) is 0 Å². The topological polar surface area (TPSA) is 96.9 Å². The standard InChI is InChI=1S/C24H23N5O4/c30-21(18-6-4-7-19(14-18)27-22-25-10-5-11-26-22)28-12-13-32-17-24(15-28)16-29(23(31)33-24)20-8-2-1-3-9-20/h1-11,14H,12-13,15-17H2,(H,25,26,27). The minimum Gasteiger partial charge on any atom is -0.436 e. The molecule has 1 unspecified atom stereocenters. The van der Waals surface area contributed by atoms with Crippen LogP contribution in [0.2, 0.25) is 0 Å². The molecule has 0 aliphatic carbocycles. The summed E-state index contributed by atoms with van der Waals surface area (Å²) in [7, 11) is 0. The molecule has 2 aliphatic heterocycles. The van der Waals surface area contributed by atoms with E-state index in [2.05, 4.69) is 15.3 Å². The van der Waals surface area contributed by atoms with Gasteiger partial charge >= 0.3 is 6.09 Å². The fraction of sp³-hybridized carbons (Fsp3) is 0.250. The fourth-order valence-electron chi connectivity index (χ4n) is 4.07. The summed E-state index contributed by atoms with van der Waals surface area (Å²) < 4.78 is 11.6. The van der Waals surface area contributed by atoms with Crippen molar-refractivity contribution in [2.75, 3.05) is 43.1 Å². The number of ether oxygens (including phenoxy) is 2. The van der Waals surface area contributed by atoms with E-state index in [1.807, 2.05) is 36.4 Å². The Morgan fingerprint density at radius 3 is 2.64 bits per heavy atom. The third-order valence-electron chi connectivity index (χ3n) is 5.61. The van der Waals surface area contributed by atoms with Gasteiger partial charge in [-0.15, -0.1) is 0 Å². The van der Waals surface area contributed by atoms with E-state index in [0.29, 0.717) is 36.9 Å². The first kappa shape index (κ1) is 20.9. The minimum absolute atomic E-state index is 0.160. The fourth-order valence-corrected chi connectivity index (χ4v) is 4.07. The number of para-hydroxylation sites is 1. The van der Waals surface area contributed by atoms with Crippen molar-refractivity contribution < 1.29 is 19.1 Å². The second kappa shape index (κ2) is 8.87. The molecule has 2 fully saturated rings. The summed E-state index contributed by atoms with van der Waals surface area (Å²) in [6.07, 6.45) is 2.85. The van der Waals surface area contributed by atoms with E-state index in [9.17, 15) is 9.59 Å². The van der Waals surface area contributed by atoms with Gasteiger partial charge in [-0.05, 0) is 36.4 Å². The Morgan fingerprint density at radius 2 is 1.82 bits per heavy atom. The van der Waals surface area contributed by atoms with Gasteiger partial charge in [-0.25, -0.2) is 14.8 Å². The molecule has 33 heavy (non-hydrogen) atoms. The van der Waals surface area contributed by atoms with E-state index in [0.717, 1.165) is 5.69 Å². The van der Waals surface area contributed by atoms with E-state index < -0.39 is 11.7 Å². The van der Waals surface area contributed by atoms with Gasteiger partial charge in [-0.1, -0.05) is 24.3 Å². The van der Waals surface area contributed by atoms with Crippen molar-refractivity contribution >= 4 is 29.3 Å². The quantitative estimate of drug-likeness (QED) is 0.659. The Bertz CT molecular complexity index is 1140. The highest BCUT2D eigenvalue weighted by atomic mass is 16.6. The van der Waals surface area contributed by atoms with Crippen LogP contribution in [0.5, 0.6) is 0 Å². The van der Waals surface area contributed by atoms with Gasteiger partial charge in [0.2, 0.25) is 5.95 Å². The van der Waals surface area contributed by atoms with Crippen LogP contribution in [0.4, 0.5) is 22.1 Å². The molecule has 0 radical (unpaired) electrons. The summed E-state index contributed by atoms with van der Waals surface area (Å²) in [5, 5.41) is 3.10. The molecule has 2 aliphatic rings. The number of benzene rings is 2. The molecule has 168 valence electrons. The van der Waals surface area contributed by atoms with Crippen molar-refractivity contribution in [3.05, 3.63) is 78.6 Å². The van der Waals surface area contributed by atoms with E-state index in [1.54, 1.807) is 46.5 Å². The number of anilines is 3. The highest BCUT2D eigenvalue weighted by Gasteiger charge is 2.49. The Labute approximate surface area is 191 Å². The number of nitrogens with one attached hydrogen (secondary N) is 1. The molecular formula is C24H23N5O4. The molecule has 2 amide bonds. The molecule has 0 saturated carbocycles. The van der Waals surface area contributed by atoms with Gasteiger partial charge in [-0.3, -0.25) is 9.69 Å². The molecule has 1 spiro atoms. The summed E-state index contributed by atoms with van der Waals surface area (Å²) in [5.41, 5.74) is 1.04. The van der Waals surface area contributed by atoms with Crippen LogP contribution in [-0.2, 0) is 9.47 Å². The van der Waals surface area contributed by atoms with Gasteiger partial charge in [0.15, 0.2) is 5.60 Å². The first-order valence-electron chi connectivity index (χ1n) is 10.7. The number of aromatic nitrogens is 2. The highest BCUT2D eigenvalue weighted by Crippen LogP contribution is 2.31. The Kier molecular flexibility index (Phi) is 5.62. The predicted octanol–water partition coefficient (Wildman–Crippen LogP) is 3.09. The maximum Gasteiger partial charge on any atom is 0.415 e. The summed E-state index contributed by atoms with van der Waals surface area (Å²) >= 11 is 0. The van der Waals surface area contributed by atoms with Crippen LogP contribution in [0.1, 0.15) is 10.4 Å².